The van der Waals surface area contributed by atoms with E-state index in [0.29, 0.717) is 0 Å². The van der Waals surface area contributed by atoms with E-state index in [2.05, 4.69) is 0 Å². The Morgan fingerprint density at radius 2 is 2.00 bits per heavy atom. The number of para-hydroxylation sites is 1. The van der Waals surface area contributed by atoms with Crippen LogP contribution in [0.4, 0.5) is 0 Å². The van der Waals surface area contributed by atoms with Crippen LogP contribution >= 0.6 is 24.0 Å². The van der Waals surface area contributed by atoms with Crippen LogP contribution in [0.2, 0.25) is 0 Å². The molecule has 134 valence electrons. The third-order valence-corrected chi connectivity index (χ3v) is 5.33. The van der Waals surface area contributed by atoms with Crippen molar-refractivity contribution in [2.24, 2.45) is 7.05 Å². The molecule has 1 amide bonds. The summed E-state index contributed by atoms with van der Waals surface area (Å²) in [7, 11) is 1.89. The maximum Gasteiger partial charge on any atom is 0.327 e. The molecule has 0 saturated carbocycles. The van der Waals surface area contributed by atoms with E-state index >= 15 is 0 Å². The predicted octanol–water partition coefficient (Wildman–Crippen LogP) is 2.31. The third kappa shape index (κ3) is 3.23. The van der Waals surface area contributed by atoms with E-state index < -0.39 is 30.3 Å². The van der Waals surface area contributed by atoms with Gasteiger partial charge in [-0.05, 0) is 12.1 Å². The molecule has 3 rings (SSSR count). The van der Waals surface area contributed by atoms with Gasteiger partial charge in [-0.15, -0.1) is 0 Å². The van der Waals surface area contributed by atoms with Gasteiger partial charge in [0.05, 0.1) is 11.3 Å². The molecule has 0 spiro atoms. The molecule has 9 heteroatoms. The van der Waals surface area contributed by atoms with E-state index in [1.165, 1.54) is 0 Å². The molecule has 0 radical (unpaired) electrons. The zero-order valence-corrected chi connectivity index (χ0v) is 15.2. The Bertz CT molecular complexity index is 979. The number of hydrogen-bond donors (Lipinski definition) is 2. The number of carbonyl (C=O) groups is 3. The zero-order chi connectivity index (χ0) is 19.0. The molecule has 0 bridgehead atoms. The predicted molar refractivity (Wildman–Crippen MR) is 102 cm³/mol. The van der Waals surface area contributed by atoms with E-state index in [4.69, 9.17) is 17.3 Å². The fraction of sp³-hybridized carbons (Fsp3) is 0.176. The molecule has 1 unspecified atom stereocenters. The Kier molecular flexibility index (Phi) is 4.84. The summed E-state index contributed by atoms with van der Waals surface area (Å²) in [5.74, 6) is -3.32. The van der Waals surface area contributed by atoms with E-state index in [-0.39, 0.29) is 9.23 Å². The number of amides is 1. The molecule has 1 aromatic carbocycles. The number of hydrogen-bond acceptors (Lipinski definition) is 5. The summed E-state index contributed by atoms with van der Waals surface area (Å²) >= 11 is 6.10. The van der Waals surface area contributed by atoms with Gasteiger partial charge in [-0.1, -0.05) is 42.2 Å². The number of rotatable bonds is 5. The van der Waals surface area contributed by atoms with Crippen LogP contribution in [-0.2, 0) is 21.4 Å². The van der Waals surface area contributed by atoms with Gasteiger partial charge in [-0.3, -0.25) is 14.5 Å². The lowest BCUT2D eigenvalue weighted by atomic mass is 10.1. The van der Waals surface area contributed by atoms with Gasteiger partial charge in [0.15, 0.2) is 0 Å². The van der Waals surface area contributed by atoms with E-state index in [1.54, 1.807) is 6.08 Å². The Morgan fingerprint density at radius 3 is 2.65 bits per heavy atom. The van der Waals surface area contributed by atoms with Gasteiger partial charge in [-0.2, -0.15) is 0 Å². The molecular weight excluding hydrogens is 376 g/mol. The highest BCUT2D eigenvalue weighted by atomic mass is 32.2. The maximum absolute atomic E-state index is 12.7. The molecule has 0 aliphatic carbocycles. The largest absolute Gasteiger partial charge is 0.481 e. The first-order valence-corrected chi connectivity index (χ1v) is 8.77. The monoisotopic (exact) mass is 390 g/mol. The number of aryl methyl sites for hydroxylation is 1. The van der Waals surface area contributed by atoms with Crippen LogP contribution in [0.3, 0.4) is 0 Å². The highest BCUT2D eigenvalue weighted by Crippen LogP contribution is 2.36. The first-order chi connectivity index (χ1) is 12.3. The van der Waals surface area contributed by atoms with Crippen molar-refractivity contribution in [2.75, 3.05) is 0 Å². The normalized spacial score (nSPS) is 17.3. The quantitative estimate of drug-likeness (QED) is 0.597. The van der Waals surface area contributed by atoms with Crippen LogP contribution in [0.15, 0.2) is 35.4 Å². The summed E-state index contributed by atoms with van der Waals surface area (Å²) in [6, 6.07) is 6.14. The Balaban J connectivity index is 1.99. The second kappa shape index (κ2) is 6.93. The van der Waals surface area contributed by atoms with Crippen LogP contribution in [0, 0.1) is 0 Å². The summed E-state index contributed by atoms with van der Waals surface area (Å²) in [5, 5.41) is 19.2. The molecule has 7 nitrogen and oxygen atoms in total. The second-order valence-electron chi connectivity index (χ2n) is 5.72. The van der Waals surface area contributed by atoms with Crippen molar-refractivity contribution in [3.05, 3.63) is 40.9 Å². The van der Waals surface area contributed by atoms with Gasteiger partial charge >= 0.3 is 11.9 Å². The van der Waals surface area contributed by atoms with Gasteiger partial charge in [0.2, 0.25) is 0 Å². The first-order valence-electron chi connectivity index (χ1n) is 7.55. The zero-order valence-electron chi connectivity index (χ0n) is 13.6. The third-order valence-electron chi connectivity index (χ3n) is 4.00. The summed E-state index contributed by atoms with van der Waals surface area (Å²) in [6.45, 7) is 0. The molecule has 1 saturated heterocycles. The molecule has 26 heavy (non-hydrogen) atoms. The standard InChI is InChI=1S/C17H14N2O5S2/c1-18-8-9(10-4-2-3-5-11(10)18)6-13-15(22)19(17(25)26-13)12(16(23)24)7-14(20)21/h2-6,8,12H,7H2,1H3,(H,20,21)(H,23,24)/b13-6-. The van der Waals surface area contributed by atoms with Crippen molar-refractivity contribution in [3.8, 4) is 0 Å². The summed E-state index contributed by atoms with van der Waals surface area (Å²) in [6.07, 6.45) is 2.80. The minimum atomic E-state index is -1.53. The number of benzene rings is 1. The number of aliphatic carboxylic acids is 2. The van der Waals surface area contributed by atoms with Gasteiger partial charge in [0.25, 0.3) is 5.91 Å². The highest BCUT2D eigenvalue weighted by Gasteiger charge is 2.41. The summed E-state index contributed by atoms with van der Waals surface area (Å²) in [4.78, 5) is 36.2. The van der Waals surface area contributed by atoms with Crippen molar-refractivity contribution in [1.82, 2.24) is 9.47 Å². The maximum atomic E-state index is 12.7. The van der Waals surface area contributed by atoms with Gasteiger partial charge in [-0.25, -0.2) is 4.79 Å². The number of carbonyl (C=O) groups excluding carboxylic acids is 1. The van der Waals surface area contributed by atoms with Crippen LogP contribution in [0.5, 0.6) is 0 Å². The highest BCUT2D eigenvalue weighted by molar-refractivity contribution is 8.26. The van der Waals surface area contributed by atoms with Crippen molar-refractivity contribution in [2.45, 2.75) is 12.5 Å². The van der Waals surface area contributed by atoms with Crippen LogP contribution in [0.25, 0.3) is 17.0 Å². The van der Waals surface area contributed by atoms with Crippen molar-refractivity contribution in [3.63, 3.8) is 0 Å². The Hall–Kier alpha value is -2.65. The molecular formula is C17H14N2O5S2. The van der Waals surface area contributed by atoms with Crippen molar-refractivity contribution >= 4 is 63.1 Å². The molecule has 1 atom stereocenters. The summed E-state index contributed by atoms with van der Waals surface area (Å²) < 4.78 is 1.96. The van der Waals surface area contributed by atoms with Crippen LogP contribution in [-0.4, -0.2) is 47.9 Å². The number of thiocarbonyl (C=S) groups is 1. The molecule has 2 aromatic rings. The lowest BCUT2D eigenvalue weighted by Gasteiger charge is -2.21. The number of carboxylic acids is 2. The number of carboxylic acid groups (broad SMARTS) is 2. The molecule has 2 N–H and O–H groups in total. The smallest absolute Gasteiger partial charge is 0.327 e. The average molecular weight is 390 g/mol. The topological polar surface area (TPSA) is 99.8 Å². The van der Waals surface area contributed by atoms with Gasteiger partial charge in [0, 0.05) is 29.7 Å². The first kappa shape index (κ1) is 18.2. The summed E-state index contributed by atoms with van der Waals surface area (Å²) in [5.41, 5.74) is 1.79. The fourth-order valence-corrected chi connectivity index (χ4v) is 4.18. The van der Waals surface area contributed by atoms with Crippen molar-refractivity contribution in [1.29, 1.82) is 0 Å². The molecule has 1 aliphatic heterocycles. The Labute approximate surface area is 157 Å². The Morgan fingerprint density at radius 1 is 1.31 bits per heavy atom. The average Bonchev–Trinajstić information content (AvgIpc) is 3.03. The minimum absolute atomic E-state index is 0.0372. The lowest BCUT2D eigenvalue weighted by Crippen LogP contribution is -2.45. The fourth-order valence-electron chi connectivity index (χ4n) is 2.83. The minimum Gasteiger partial charge on any atom is -0.481 e. The molecule has 1 fully saturated rings. The van der Waals surface area contributed by atoms with Crippen LogP contribution < -0.4 is 0 Å². The van der Waals surface area contributed by atoms with Gasteiger partial charge < -0.3 is 14.8 Å². The van der Waals surface area contributed by atoms with E-state index in [9.17, 15) is 19.5 Å². The molecule has 1 aliphatic rings. The number of thioether (sulfide) groups is 1. The van der Waals surface area contributed by atoms with E-state index in [0.717, 1.165) is 33.1 Å². The number of aromatic nitrogens is 1. The number of fused-ring (bicyclic) bond motifs is 1. The van der Waals surface area contributed by atoms with Crippen molar-refractivity contribution < 1.29 is 24.6 Å². The SMILES string of the molecule is Cn1cc(/C=C2\SC(=S)N(C(CC(=O)O)C(=O)O)C2=O)c2ccccc21. The second-order valence-corrected chi connectivity index (χ2v) is 7.39. The van der Waals surface area contributed by atoms with E-state index in [1.807, 2.05) is 42.1 Å². The molecule has 2 heterocycles. The van der Waals surface area contributed by atoms with Gasteiger partial charge in [0.1, 0.15) is 10.4 Å². The lowest BCUT2D eigenvalue weighted by molar-refractivity contribution is -0.150. The van der Waals surface area contributed by atoms with Crippen LogP contribution in [0.1, 0.15) is 12.0 Å². The number of nitrogens with zero attached hydrogens (tertiary/aromatic N) is 2. The molecule has 1 aromatic heterocycles.